The average Bonchev–Trinajstić information content (AvgIpc) is 3.83. The van der Waals surface area contributed by atoms with Crippen LogP contribution in [0.2, 0.25) is 0 Å². The van der Waals surface area contributed by atoms with Crippen molar-refractivity contribution in [2.24, 2.45) is 0 Å². The summed E-state index contributed by atoms with van der Waals surface area (Å²) < 4.78 is 4.61. The molecule has 11 aromatic rings. The van der Waals surface area contributed by atoms with E-state index in [9.17, 15) is 0 Å². The normalized spacial score (nSPS) is 12.2. The molecule has 1 aliphatic rings. The molecule has 0 aliphatic heterocycles. The van der Waals surface area contributed by atoms with E-state index >= 15 is 0 Å². The van der Waals surface area contributed by atoms with Gasteiger partial charge in [-0.3, -0.25) is 4.57 Å². The average molecular weight is 661 g/mol. The number of benzene rings is 8. The first-order valence-corrected chi connectivity index (χ1v) is 17.8. The molecule has 3 heterocycles. The van der Waals surface area contributed by atoms with Crippen molar-refractivity contribution < 1.29 is 0 Å². The standard InChI is InChI=1S/C48H28N4/c1-2-11-33(12-3-1)51-42-19-8-6-14-35(42)39-26-30(23-24-44(39)51)29-21-22-31-28-45-40(27-32(31)25-29)36-15-7-9-20-43(36)52(45)48-49-41-18-10-17-37-34-13-4-5-16-38(34)47(50-48)46(37)41/h1-28H. The van der Waals surface area contributed by atoms with Crippen LogP contribution in [0, 0.1) is 0 Å². The maximum Gasteiger partial charge on any atom is 0.235 e. The third kappa shape index (κ3) is 3.75. The molecule has 0 amide bonds. The molecule has 4 nitrogen and oxygen atoms in total. The molecule has 4 heteroatoms. The Bertz CT molecular complexity index is 3290. The van der Waals surface area contributed by atoms with E-state index in [4.69, 9.17) is 9.97 Å². The lowest BCUT2D eigenvalue weighted by Gasteiger charge is -2.10. The lowest BCUT2D eigenvalue weighted by molar-refractivity contribution is 1.02. The maximum absolute atomic E-state index is 5.31. The largest absolute Gasteiger partial charge is 0.309 e. The predicted molar refractivity (Wildman–Crippen MR) is 216 cm³/mol. The quantitative estimate of drug-likeness (QED) is 0.189. The highest BCUT2D eigenvalue weighted by Crippen LogP contribution is 2.46. The van der Waals surface area contributed by atoms with Crippen LogP contribution in [0.25, 0.3) is 110 Å². The Morgan fingerprint density at radius 3 is 1.87 bits per heavy atom. The molecule has 0 N–H and O–H groups in total. The van der Waals surface area contributed by atoms with E-state index < -0.39 is 0 Å². The van der Waals surface area contributed by atoms with Gasteiger partial charge in [-0.2, -0.15) is 0 Å². The Balaban J connectivity index is 1.05. The maximum atomic E-state index is 5.31. The van der Waals surface area contributed by atoms with E-state index in [2.05, 4.69) is 179 Å². The summed E-state index contributed by atoms with van der Waals surface area (Å²) >= 11 is 0. The highest BCUT2D eigenvalue weighted by atomic mass is 15.2. The molecule has 0 bridgehead atoms. The van der Waals surface area contributed by atoms with E-state index in [0.717, 1.165) is 27.6 Å². The van der Waals surface area contributed by atoms with Gasteiger partial charge in [0.25, 0.3) is 0 Å². The minimum Gasteiger partial charge on any atom is -0.309 e. The van der Waals surface area contributed by atoms with Crippen LogP contribution in [0.3, 0.4) is 0 Å². The third-order valence-corrected chi connectivity index (χ3v) is 11.0. The van der Waals surface area contributed by atoms with Crippen molar-refractivity contribution in [2.45, 2.75) is 0 Å². The molecule has 0 saturated carbocycles. The van der Waals surface area contributed by atoms with E-state index in [1.54, 1.807) is 0 Å². The van der Waals surface area contributed by atoms with Crippen LogP contribution in [-0.4, -0.2) is 19.1 Å². The second-order valence-electron chi connectivity index (χ2n) is 13.8. The van der Waals surface area contributed by atoms with E-state index in [-0.39, 0.29) is 0 Å². The number of hydrogen-bond donors (Lipinski definition) is 0. The van der Waals surface area contributed by atoms with Crippen LogP contribution >= 0.6 is 0 Å². The number of rotatable bonds is 3. The predicted octanol–water partition coefficient (Wildman–Crippen LogP) is 12.3. The second-order valence-corrected chi connectivity index (χ2v) is 13.8. The summed E-state index contributed by atoms with van der Waals surface area (Å²) in [6.45, 7) is 0. The molecule has 8 aromatic carbocycles. The topological polar surface area (TPSA) is 35.6 Å². The molecular formula is C48H28N4. The molecule has 1 aliphatic carbocycles. The molecule has 52 heavy (non-hydrogen) atoms. The number of nitrogens with zero attached hydrogens (tertiary/aromatic N) is 4. The lowest BCUT2D eigenvalue weighted by Crippen LogP contribution is -2.02. The van der Waals surface area contributed by atoms with Crippen molar-refractivity contribution in [3.05, 3.63) is 170 Å². The molecular weight excluding hydrogens is 633 g/mol. The van der Waals surface area contributed by atoms with Crippen molar-refractivity contribution >= 4 is 65.3 Å². The molecule has 0 radical (unpaired) electrons. The van der Waals surface area contributed by atoms with Gasteiger partial charge in [-0.25, -0.2) is 9.97 Å². The van der Waals surface area contributed by atoms with Gasteiger partial charge in [0.1, 0.15) is 0 Å². The van der Waals surface area contributed by atoms with Gasteiger partial charge in [0.2, 0.25) is 5.95 Å². The van der Waals surface area contributed by atoms with Crippen molar-refractivity contribution in [3.8, 4) is 45.1 Å². The fraction of sp³-hybridized carbons (Fsp3) is 0. The number of para-hydroxylation sites is 3. The molecule has 0 unspecified atom stereocenters. The summed E-state index contributed by atoms with van der Waals surface area (Å²) in [6, 6.07) is 61.3. The van der Waals surface area contributed by atoms with Crippen molar-refractivity contribution in [1.82, 2.24) is 19.1 Å². The van der Waals surface area contributed by atoms with Gasteiger partial charge in [-0.05, 0) is 93.7 Å². The van der Waals surface area contributed by atoms with Crippen LogP contribution in [0.15, 0.2) is 170 Å². The first kappa shape index (κ1) is 27.7. The summed E-state index contributed by atoms with van der Waals surface area (Å²) in [5, 5.41) is 8.41. The number of aromatic nitrogens is 4. The van der Waals surface area contributed by atoms with Crippen molar-refractivity contribution in [2.75, 3.05) is 0 Å². The first-order valence-electron chi connectivity index (χ1n) is 17.8. The summed E-state index contributed by atoms with van der Waals surface area (Å²) in [7, 11) is 0. The molecule has 0 atom stereocenters. The van der Waals surface area contributed by atoms with Gasteiger partial charge in [0.05, 0.1) is 33.3 Å². The van der Waals surface area contributed by atoms with Gasteiger partial charge >= 0.3 is 0 Å². The van der Waals surface area contributed by atoms with Crippen LogP contribution in [0.5, 0.6) is 0 Å². The minimum absolute atomic E-state index is 0.696. The van der Waals surface area contributed by atoms with Gasteiger partial charge in [0.15, 0.2) is 0 Å². The smallest absolute Gasteiger partial charge is 0.235 e. The lowest BCUT2D eigenvalue weighted by atomic mass is 9.98. The minimum atomic E-state index is 0.696. The Morgan fingerprint density at radius 2 is 1.02 bits per heavy atom. The van der Waals surface area contributed by atoms with E-state index in [0.29, 0.717) is 5.95 Å². The van der Waals surface area contributed by atoms with Gasteiger partial charge in [0, 0.05) is 38.2 Å². The van der Waals surface area contributed by atoms with Crippen LogP contribution < -0.4 is 0 Å². The second kappa shape index (κ2) is 10.3. The highest BCUT2D eigenvalue weighted by molar-refractivity contribution is 6.16. The third-order valence-electron chi connectivity index (χ3n) is 11.0. The fourth-order valence-corrected chi connectivity index (χ4v) is 8.73. The zero-order valence-electron chi connectivity index (χ0n) is 28.0. The SMILES string of the molecule is c1ccc(-n2c3ccccc3c3cc(-c4ccc5cc6c(cc5c4)c4ccccc4n6-c4nc5c6c(cccc6n4)-c4ccccc4-5)ccc32)cc1. The zero-order chi connectivity index (χ0) is 33.9. The monoisotopic (exact) mass is 660 g/mol. The van der Waals surface area contributed by atoms with Crippen LogP contribution in [0.4, 0.5) is 0 Å². The molecule has 0 fully saturated rings. The zero-order valence-corrected chi connectivity index (χ0v) is 28.0. The van der Waals surface area contributed by atoms with Gasteiger partial charge in [-0.1, -0.05) is 109 Å². The fourth-order valence-electron chi connectivity index (χ4n) is 8.73. The number of hydrogen-bond acceptors (Lipinski definition) is 2. The molecule has 0 saturated heterocycles. The Hall–Kier alpha value is -7.04. The van der Waals surface area contributed by atoms with Gasteiger partial charge in [-0.15, -0.1) is 0 Å². The Kier molecular flexibility index (Phi) is 5.47. The van der Waals surface area contributed by atoms with Gasteiger partial charge < -0.3 is 4.57 Å². The molecule has 240 valence electrons. The summed E-state index contributed by atoms with van der Waals surface area (Å²) in [5.74, 6) is 0.696. The summed E-state index contributed by atoms with van der Waals surface area (Å²) in [6.07, 6.45) is 0. The highest BCUT2D eigenvalue weighted by Gasteiger charge is 2.25. The first-order chi connectivity index (χ1) is 25.8. The van der Waals surface area contributed by atoms with E-state index in [1.165, 1.54) is 76.9 Å². The summed E-state index contributed by atoms with van der Waals surface area (Å²) in [5.41, 5.74) is 13.8. The molecule has 0 spiro atoms. The Morgan fingerprint density at radius 1 is 0.365 bits per heavy atom. The molecule has 12 rings (SSSR count). The number of fused-ring (bicyclic) bond motifs is 10. The van der Waals surface area contributed by atoms with E-state index in [1.807, 2.05) is 0 Å². The molecule has 3 aromatic heterocycles. The van der Waals surface area contributed by atoms with Crippen molar-refractivity contribution in [1.29, 1.82) is 0 Å². The van der Waals surface area contributed by atoms with Crippen molar-refractivity contribution in [3.63, 3.8) is 0 Å². The summed E-state index contributed by atoms with van der Waals surface area (Å²) in [4.78, 5) is 10.5. The Labute approximate surface area is 298 Å². The van der Waals surface area contributed by atoms with Crippen LogP contribution in [0.1, 0.15) is 0 Å². The van der Waals surface area contributed by atoms with Crippen LogP contribution in [-0.2, 0) is 0 Å².